The molecule has 3 aliphatic heterocycles. The molecule has 0 aliphatic carbocycles. The molecule has 0 atom stereocenters. The van der Waals surface area contributed by atoms with Crippen molar-refractivity contribution in [1.82, 2.24) is 14.7 Å². The lowest BCUT2D eigenvalue weighted by Gasteiger charge is -2.33. The van der Waals surface area contributed by atoms with E-state index in [0.717, 1.165) is 44.5 Å². The Hall–Kier alpha value is -2.72. The molecule has 0 bridgehead atoms. The molecule has 4 rings (SSSR count). The molecule has 10 heteroatoms. The highest BCUT2D eigenvalue weighted by Gasteiger charge is 2.49. The SMILES string of the molecule is CC1(C)C(=O)N(c2ccc3c(c2)COC3=O)C(=S)N1CCCCCN1CCN(C(=O)O)CC1. The number of unbranched alkanes of at least 4 members (excludes halogenated alkanes) is 2. The van der Waals surface area contributed by atoms with Gasteiger partial charge < -0.3 is 19.6 Å². The van der Waals surface area contributed by atoms with E-state index in [1.54, 1.807) is 17.0 Å². The van der Waals surface area contributed by atoms with Crippen molar-refractivity contribution in [2.45, 2.75) is 45.3 Å². The molecule has 0 saturated carbocycles. The van der Waals surface area contributed by atoms with Crippen molar-refractivity contribution in [1.29, 1.82) is 0 Å². The number of benzene rings is 1. The summed E-state index contributed by atoms with van der Waals surface area (Å²) >= 11 is 5.71. The molecule has 0 spiro atoms. The number of carboxylic acid groups (broad SMARTS) is 1. The quantitative estimate of drug-likeness (QED) is 0.366. The third-order valence-electron chi connectivity index (χ3n) is 6.75. The van der Waals surface area contributed by atoms with Crippen LogP contribution in [-0.2, 0) is 16.1 Å². The van der Waals surface area contributed by atoms with Crippen LogP contribution in [0.2, 0.25) is 0 Å². The zero-order valence-electron chi connectivity index (χ0n) is 19.1. The molecule has 3 aliphatic rings. The second-order valence-corrected chi connectivity index (χ2v) is 9.59. The van der Waals surface area contributed by atoms with Crippen molar-refractivity contribution in [3.8, 4) is 0 Å². The average Bonchev–Trinajstić information content (AvgIpc) is 3.23. The normalized spacial score (nSPS) is 20.4. The maximum Gasteiger partial charge on any atom is 0.407 e. The van der Waals surface area contributed by atoms with E-state index in [0.29, 0.717) is 36.0 Å². The van der Waals surface area contributed by atoms with Gasteiger partial charge in [0.05, 0.1) is 11.3 Å². The Bertz CT molecular complexity index is 974. The molecule has 2 fully saturated rings. The summed E-state index contributed by atoms with van der Waals surface area (Å²) in [5.41, 5.74) is 1.23. The predicted molar refractivity (Wildman–Crippen MR) is 126 cm³/mol. The second-order valence-electron chi connectivity index (χ2n) is 9.22. The maximum absolute atomic E-state index is 13.2. The van der Waals surface area contributed by atoms with Crippen LogP contribution in [0.15, 0.2) is 18.2 Å². The summed E-state index contributed by atoms with van der Waals surface area (Å²) in [4.78, 5) is 43.3. The molecule has 0 radical (unpaired) electrons. The Balaban J connectivity index is 1.30. The lowest BCUT2D eigenvalue weighted by atomic mass is 10.0. The molecular formula is C23H30N4O5S. The molecular weight excluding hydrogens is 444 g/mol. The number of hydrogen-bond acceptors (Lipinski definition) is 6. The first-order valence-corrected chi connectivity index (χ1v) is 11.8. The van der Waals surface area contributed by atoms with Gasteiger partial charge in [-0.2, -0.15) is 0 Å². The van der Waals surface area contributed by atoms with E-state index in [-0.39, 0.29) is 18.5 Å². The smallest absolute Gasteiger partial charge is 0.407 e. The number of rotatable bonds is 7. The first-order chi connectivity index (χ1) is 15.7. The van der Waals surface area contributed by atoms with Gasteiger partial charge in [0.15, 0.2) is 5.11 Å². The van der Waals surface area contributed by atoms with E-state index in [9.17, 15) is 14.4 Å². The van der Waals surface area contributed by atoms with Crippen molar-refractivity contribution in [3.63, 3.8) is 0 Å². The van der Waals surface area contributed by atoms with Crippen LogP contribution in [0.1, 0.15) is 49.0 Å². The van der Waals surface area contributed by atoms with Crippen LogP contribution in [0.4, 0.5) is 10.5 Å². The minimum absolute atomic E-state index is 0.0750. The molecule has 1 N–H and O–H groups in total. The van der Waals surface area contributed by atoms with Gasteiger partial charge in [-0.1, -0.05) is 6.42 Å². The monoisotopic (exact) mass is 474 g/mol. The Morgan fingerprint density at radius 3 is 2.48 bits per heavy atom. The number of anilines is 1. The molecule has 9 nitrogen and oxygen atoms in total. The van der Waals surface area contributed by atoms with Crippen molar-refractivity contribution < 1.29 is 24.2 Å². The number of cyclic esters (lactones) is 1. The minimum Gasteiger partial charge on any atom is -0.465 e. The van der Waals surface area contributed by atoms with Crippen LogP contribution in [0.25, 0.3) is 0 Å². The van der Waals surface area contributed by atoms with Crippen molar-refractivity contribution >= 4 is 41.0 Å². The third kappa shape index (κ3) is 4.54. The van der Waals surface area contributed by atoms with Gasteiger partial charge >= 0.3 is 12.1 Å². The average molecular weight is 475 g/mol. The fourth-order valence-corrected chi connectivity index (χ4v) is 5.15. The summed E-state index contributed by atoms with van der Waals surface area (Å²) in [6.45, 7) is 8.31. The number of fused-ring (bicyclic) bond motifs is 1. The fraction of sp³-hybridized carbons (Fsp3) is 0.565. The zero-order chi connectivity index (χ0) is 23.8. The van der Waals surface area contributed by atoms with Crippen molar-refractivity contribution in [2.24, 2.45) is 0 Å². The van der Waals surface area contributed by atoms with E-state index in [2.05, 4.69) is 4.90 Å². The summed E-state index contributed by atoms with van der Waals surface area (Å²) in [6.07, 6.45) is 2.08. The number of amides is 2. The Morgan fingerprint density at radius 1 is 1.09 bits per heavy atom. The van der Waals surface area contributed by atoms with Gasteiger partial charge in [-0.15, -0.1) is 0 Å². The van der Waals surface area contributed by atoms with Crippen LogP contribution in [0.3, 0.4) is 0 Å². The van der Waals surface area contributed by atoms with E-state index in [1.165, 1.54) is 4.90 Å². The van der Waals surface area contributed by atoms with Gasteiger partial charge in [0.2, 0.25) is 0 Å². The van der Waals surface area contributed by atoms with Gasteiger partial charge in [0.25, 0.3) is 5.91 Å². The predicted octanol–water partition coefficient (Wildman–Crippen LogP) is 2.54. The van der Waals surface area contributed by atoms with Gasteiger partial charge in [-0.3, -0.25) is 14.6 Å². The summed E-state index contributed by atoms with van der Waals surface area (Å²) in [5.74, 6) is -0.411. The van der Waals surface area contributed by atoms with E-state index in [4.69, 9.17) is 22.1 Å². The minimum atomic E-state index is -0.843. The molecule has 0 unspecified atom stereocenters. The molecule has 3 heterocycles. The highest BCUT2D eigenvalue weighted by molar-refractivity contribution is 7.80. The van der Waals surface area contributed by atoms with Crippen LogP contribution in [-0.4, -0.2) is 87.7 Å². The van der Waals surface area contributed by atoms with Gasteiger partial charge in [0.1, 0.15) is 12.1 Å². The van der Waals surface area contributed by atoms with Crippen LogP contribution in [0, 0.1) is 0 Å². The summed E-state index contributed by atoms with van der Waals surface area (Å²) in [6, 6.07) is 5.26. The topological polar surface area (TPSA) is 93.6 Å². The number of hydrogen-bond donors (Lipinski definition) is 1. The highest BCUT2D eigenvalue weighted by atomic mass is 32.1. The molecule has 0 aromatic heterocycles. The van der Waals surface area contributed by atoms with E-state index in [1.807, 2.05) is 24.8 Å². The molecule has 178 valence electrons. The number of nitrogens with zero attached hydrogens (tertiary/aromatic N) is 4. The molecule has 1 aromatic rings. The number of carbonyl (C=O) groups excluding carboxylic acids is 2. The lowest BCUT2D eigenvalue weighted by Crippen LogP contribution is -2.48. The number of thiocarbonyl (C=S) groups is 1. The highest BCUT2D eigenvalue weighted by Crippen LogP contribution is 2.34. The molecule has 1 aromatic carbocycles. The van der Waals surface area contributed by atoms with Crippen molar-refractivity contribution in [2.75, 3.05) is 44.2 Å². The maximum atomic E-state index is 13.2. The fourth-order valence-electron chi connectivity index (χ4n) is 4.64. The molecule has 2 amide bonds. The van der Waals surface area contributed by atoms with Crippen LogP contribution >= 0.6 is 12.2 Å². The first-order valence-electron chi connectivity index (χ1n) is 11.4. The first kappa shape index (κ1) is 23.4. The van der Waals surface area contributed by atoms with E-state index >= 15 is 0 Å². The standard InChI is InChI=1S/C23H30N4O5S/c1-23(2)20(29)27(17-6-7-18-16(14-17)15-32-19(18)28)21(33)26(23)9-5-3-4-8-24-10-12-25(13-11-24)22(30)31/h6-7,14H,3-5,8-13,15H2,1-2H3,(H,30,31). The van der Waals surface area contributed by atoms with Gasteiger partial charge in [0, 0.05) is 38.3 Å². The molecule has 33 heavy (non-hydrogen) atoms. The summed E-state index contributed by atoms with van der Waals surface area (Å²) in [5, 5.41) is 9.53. The third-order valence-corrected chi connectivity index (χ3v) is 7.15. The Morgan fingerprint density at radius 2 is 1.79 bits per heavy atom. The number of esters is 1. The number of piperazine rings is 1. The summed E-state index contributed by atoms with van der Waals surface area (Å²) < 4.78 is 5.07. The summed E-state index contributed by atoms with van der Waals surface area (Å²) in [7, 11) is 0. The van der Waals surface area contributed by atoms with Gasteiger partial charge in [-0.05, 0) is 63.7 Å². The number of carbonyl (C=O) groups is 3. The lowest BCUT2D eigenvalue weighted by molar-refractivity contribution is -0.123. The Labute approximate surface area is 198 Å². The second kappa shape index (κ2) is 9.26. The largest absolute Gasteiger partial charge is 0.465 e. The van der Waals surface area contributed by atoms with Gasteiger partial charge in [-0.25, -0.2) is 9.59 Å². The number of ether oxygens (including phenoxy) is 1. The van der Waals surface area contributed by atoms with Crippen molar-refractivity contribution in [3.05, 3.63) is 29.3 Å². The van der Waals surface area contributed by atoms with Crippen LogP contribution < -0.4 is 4.90 Å². The van der Waals surface area contributed by atoms with E-state index < -0.39 is 11.6 Å². The zero-order valence-corrected chi connectivity index (χ0v) is 19.9. The molecule has 2 saturated heterocycles. The van der Waals surface area contributed by atoms with Crippen LogP contribution in [0.5, 0.6) is 0 Å². The Kier molecular flexibility index (Phi) is 6.58.